The number of aromatic nitrogens is 3. The molecule has 2 N–H and O–H groups in total. The van der Waals surface area contributed by atoms with Gasteiger partial charge in [0, 0.05) is 17.6 Å². The van der Waals surface area contributed by atoms with Crippen LogP contribution in [0.15, 0.2) is 35.4 Å². The van der Waals surface area contributed by atoms with Crippen molar-refractivity contribution in [1.82, 2.24) is 19.9 Å². The molecule has 1 fully saturated rings. The van der Waals surface area contributed by atoms with Gasteiger partial charge in [-0.3, -0.25) is 4.72 Å². The third kappa shape index (κ3) is 5.88. The lowest BCUT2D eigenvalue weighted by molar-refractivity contribution is 0.221. The fourth-order valence-corrected chi connectivity index (χ4v) is 6.46. The average molecular weight is 603 g/mol. The summed E-state index contributed by atoms with van der Waals surface area (Å²) >= 11 is 5.84. The van der Waals surface area contributed by atoms with Crippen molar-refractivity contribution in [3.8, 4) is 11.3 Å². The molecular formula is C28H26ClF3N6O2S. The molecule has 5 rings (SSSR count). The number of nitrogens with zero attached hydrogens (tertiary/aromatic N) is 4. The smallest absolute Gasteiger partial charge is 0.264 e. The largest absolute Gasteiger partial charge is 0.351 e. The molecule has 0 radical (unpaired) electrons. The van der Waals surface area contributed by atoms with E-state index < -0.39 is 43.6 Å². The number of benzene rings is 1. The van der Waals surface area contributed by atoms with Crippen molar-refractivity contribution >= 4 is 44.3 Å². The highest BCUT2D eigenvalue weighted by molar-refractivity contribution is 7.92. The molecule has 1 aliphatic rings. The van der Waals surface area contributed by atoms with Gasteiger partial charge in [0.1, 0.15) is 21.1 Å². The first-order valence-electron chi connectivity index (χ1n) is 12.8. The maximum Gasteiger partial charge on any atom is 0.264 e. The van der Waals surface area contributed by atoms with Crippen molar-refractivity contribution in [2.75, 3.05) is 24.1 Å². The summed E-state index contributed by atoms with van der Waals surface area (Å²) in [6.45, 7) is 1.72. The number of anilines is 2. The number of rotatable bonds is 7. The molecule has 0 spiro atoms. The van der Waals surface area contributed by atoms with Crippen LogP contribution < -0.4 is 10.0 Å². The molecule has 1 aliphatic carbocycles. The molecule has 2 aromatic heterocycles. The topological polar surface area (TPSA) is 100 Å². The lowest BCUT2D eigenvalue weighted by atomic mass is 9.91. The molecular weight excluding hydrogens is 577 g/mol. The van der Waals surface area contributed by atoms with Crippen LogP contribution in [0.3, 0.4) is 0 Å². The molecule has 41 heavy (non-hydrogen) atoms. The normalized spacial score (nSPS) is 17.5. The van der Waals surface area contributed by atoms with Gasteiger partial charge in [-0.15, -0.1) is 0 Å². The highest BCUT2D eigenvalue weighted by Crippen LogP contribution is 2.34. The number of hydrogen-bond acceptors (Lipinski definition) is 7. The quantitative estimate of drug-likeness (QED) is 0.260. The number of hydrogen-bond donors (Lipinski definition) is 2. The van der Waals surface area contributed by atoms with Crippen molar-refractivity contribution in [3.05, 3.63) is 70.6 Å². The molecule has 0 bridgehead atoms. The monoisotopic (exact) mass is 602 g/mol. The molecule has 2 heterocycles. The summed E-state index contributed by atoms with van der Waals surface area (Å²) in [6.07, 6.45) is 5.57. The number of pyridine rings is 1. The fourth-order valence-electron chi connectivity index (χ4n) is 4.94. The Labute approximate surface area is 241 Å². The zero-order valence-corrected chi connectivity index (χ0v) is 24.0. The van der Waals surface area contributed by atoms with Crippen molar-refractivity contribution in [3.63, 3.8) is 0 Å². The van der Waals surface area contributed by atoms with Crippen LogP contribution in [0.5, 0.6) is 0 Å². The standard InChI is InChI=1S/C28H26ClF3N6O2S/c1-15-12-21(35-22-14-33-28(36-26(15)22)34-16-8-10-17(11-9-16)38(2)3)18-13-20(30)27(25(32)24(18)31)37-41(39,40)23-7-5-4-6-19(23)29/h5,7,12-14,16-17,37H,8-11H2,1-3H3,(H,33,34,36). The maximum atomic E-state index is 15.2. The Bertz CT molecular complexity index is 1730. The number of aryl methyl sites for hydroxylation is 1. The minimum atomic E-state index is -4.56. The SMILES string of the molecule is Cc1cc(-c2cc(F)c(NS(=O)(=O)c3ccc#cc3Cl)c(F)c2F)nc2cnc(NC3CCC(N(C)C)CC3)nc12. The third-order valence-corrected chi connectivity index (χ3v) is 8.98. The summed E-state index contributed by atoms with van der Waals surface area (Å²) in [5.74, 6) is -4.12. The van der Waals surface area contributed by atoms with Crippen molar-refractivity contribution in [2.24, 2.45) is 0 Å². The molecule has 4 aromatic rings. The van der Waals surface area contributed by atoms with E-state index in [-0.39, 0.29) is 16.8 Å². The van der Waals surface area contributed by atoms with Crippen LogP contribution in [0.2, 0.25) is 5.02 Å². The second-order valence-electron chi connectivity index (χ2n) is 10.2. The van der Waals surface area contributed by atoms with Crippen LogP contribution in [0.1, 0.15) is 31.2 Å². The Kier molecular flexibility index (Phi) is 7.96. The van der Waals surface area contributed by atoms with Gasteiger partial charge >= 0.3 is 0 Å². The maximum absolute atomic E-state index is 15.2. The van der Waals surface area contributed by atoms with E-state index in [2.05, 4.69) is 51.4 Å². The Hall–Kier alpha value is -3.66. The molecule has 0 unspecified atom stereocenters. The van der Waals surface area contributed by atoms with Gasteiger partial charge < -0.3 is 10.2 Å². The van der Waals surface area contributed by atoms with Gasteiger partial charge in [0.15, 0.2) is 17.5 Å². The molecule has 0 aliphatic heterocycles. The summed E-state index contributed by atoms with van der Waals surface area (Å²) in [5.41, 5.74) is -0.350. The van der Waals surface area contributed by atoms with Gasteiger partial charge in [-0.25, -0.2) is 36.5 Å². The van der Waals surface area contributed by atoms with E-state index >= 15 is 13.2 Å². The van der Waals surface area contributed by atoms with Crippen molar-refractivity contribution < 1.29 is 21.6 Å². The Morgan fingerprint density at radius 2 is 1.80 bits per heavy atom. The molecule has 214 valence electrons. The van der Waals surface area contributed by atoms with Gasteiger partial charge in [-0.1, -0.05) is 17.7 Å². The fraction of sp³-hybridized carbons (Fsp3) is 0.321. The van der Waals surface area contributed by atoms with Crippen molar-refractivity contribution in [2.45, 2.75) is 49.6 Å². The number of nitrogens with one attached hydrogen (secondary N) is 2. The van der Waals surface area contributed by atoms with E-state index in [0.29, 0.717) is 34.7 Å². The van der Waals surface area contributed by atoms with Gasteiger partial charge in [-0.05, 0) is 82.6 Å². The lowest BCUT2D eigenvalue weighted by Gasteiger charge is -2.32. The molecule has 0 saturated heterocycles. The first kappa shape index (κ1) is 28.9. The predicted octanol–water partition coefficient (Wildman–Crippen LogP) is 5.76. The minimum Gasteiger partial charge on any atom is -0.351 e. The molecule has 2 aromatic carbocycles. The molecule has 1 saturated carbocycles. The van der Waals surface area contributed by atoms with Crippen LogP contribution in [-0.2, 0) is 10.0 Å². The molecule has 0 atom stereocenters. The van der Waals surface area contributed by atoms with E-state index in [0.717, 1.165) is 31.7 Å². The summed E-state index contributed by atoms with van der Waals surface area (Å²) in [7, 11) is -0.395. The molecule has 0 amide bonds. The Morgan fingerprint density at radius 3 is 2.49 bits per heavy atom. The first-order chi connectivity index (χ1) is 19.4. The molecule has 8 nitrogen and oxygen atoms in total. The van der Waals surface area contributed by atoms with Crippen LogP contribution >= 0.6 is 11.6 Å². The lowest BCUT2D eigenvalue weighted by Crippen LogP contribution is -2.36. The summed E-state index contributed by atoms with van der Waals surface area (Å²) in [5, 5.41) is 3.03. The highest BCUT2D eigenvalue weighted by Gasteiger charge is 2.27. The van der Waals surface area contributed by atoms with E-state index in [1.807, 2.05) is 0 Å². The minimum absolute atomic E-state index is 0.0673. The Morgan fingerprint density at radius 1 is 1.07 bits per heavy atom. The van der Waals surface area contributed by atoms with E-state index in [1.165, 1.54) is 18.3 Å². The van der Waals surface area contributed by atoms with E-state index in [9.17, 15) is 8.42 Å². The van der Waals surface area contributed by atoms with E-state index in [1.54, 1.807) is 11.6 Å². The van der Waals surface area contributed by atoms with Gasteiger partial charge in [0.05, 0.1) is 17.4 Å². The predicted molar refractivity (Wildman–Crippen MR) is 151 cm³/mol. The van der Waals surface area contributed by atoms with Crippen LogP contribution in [0.4, 0.5) is 24.8 Å². The van der Waals surface area contributed by atoms with Gasteiger partial charge in [0.25, 0.3) is 10.0 Å². The number of sulfonamides is 1. The first-order valence-corrected chi connectivity index (χ1v) is 14.7. The highest BCUT2D eigenvalue weighted by atomic mass is 35.5. The number of fused-ring (bicyclic) bond motifs is 1. The second kappa shape index (κ2) is 11.3. The second-order valence-corrected chi connectivity index (χ2v) is 12.2. The summed E-state index contributed by atoms with van der Waals surface area (Å²) in [4.78, 5) is 15.0. The average Bonchev–Trinajstić information content (AvgIpc) is 2.93. The number of halogens is 4. The zero-order valence-electron chi connectivity index (χ0n) is 22.4. The molecule has 13 heteroatoms. The van der Waals surface area contributed by atoms with Crippen LogP contribution in [-0.4, -0.2) is 54.4 Å². The summed E-state index contributed by atoms with van der Waals surface area (Å²) in [6, 6.07) is 10.0. The Balaban J connectivity index is 1.42. The van der Waals surface area contributed by atoms with Gasteiger partial charge in [-0.2, -0.15) is 0 Å². The van der Waals surface area contributed by atoms with Crippen molar-refractivity contribution in [1.29, 1.82) is 0 Å². The van der Waals surface area contributed by atoms with Crippen LogP contribution in [0.25, 0.3) is 22.3 Å². The van der Waals surface area contributed by atoms with Gasteiger partial charge in [0.2, 0.25) is 5.95 Å². The van der Waals surface area contributed by atoms with E-state index in [4.69, 9.17) is 11.6 Å². The zero-order chi connectivity index (χ0) is 29.5. The third-order valence-electron chi connectivity index (χ3n) is 7.17. The summed E-state index contributed by atoms with van der Waals surface area (Å²) < 4.78 is 72.4. The van der Waals surface area contributed by atoms with Crippen LogP contribution in [0, 0.1) is 36.5 Å².